The predicted octanol–water partition coefficient (Wildman–Crippen LogP) is 3.87. The number of nitrogens with zero attached hydrogens (tertiary/aromatic N) is 3. The van der Waals surface area contributed by atoms with Crippen LogP contribution >= 0.6 is 23.2 Å². The summed E-state index contributed by atoms with van der Waals surface area (Å²) in [5, 5.41) is 4.35. The zero-order chi connectivity index (χ0) is 17.3. The Bertz CT molecular complexity index is 758. The Morgan fingerprint density at radius 3 is 2.52 bits per heavy atom. The van der Waals surface area contributed by atoms with Crippen LogP contribution in [0.4, 0.5) is 17.3 Å². The van der Waals surface area contributed by atoms with Crippen molar-refractivity contribution in [1.29, 1.82) is 0 Å². The van der Waals surface area contributed by atoms with E-state index in [-0.39, 0.29) is 5.79 Å². The molecule has 132 valence electrons. The molecule has 3 heterocycles. The summed E-state index contributed by atoms with van der Waals surface area (Å²) in [7, 11) is 0. The average Bonchev–Trinajstić information content (AvgIpc) is 3.06. The van der Waals surface area contributed by atoms with Crippen molar-refractivity contribution in [2.75, 3.05) is 36.5 Å². The number of aromatic nitrogens is 2. The van der Waals surface area contributed by atoms with Crippen molar-refractivity contribution >= 4 is 40.5 Å². The zero-order valence-electron chi connectivity index (χ0n) is 13.5. The van der Waals surface area contributed by atoms with Gasteiger partial charge in [0.15, 0.2) is 5.79 Å². The van der Waals surface area contributed by atoms with Gasteiger partial charge in [-0.05, 0) is 18.2 Å². The van der Waals surface area contributed by atoms with Crippen molar-refractivity contribution in [2.24, 2.45) is 0 Å². The molecule has 2 fully saturated rings. The average molecular weight is 381 g/mol. The molecule has 6 nitrogen and oxygen atoms in total. The van der Waals surface area contributed by atoms with Crippen LogP contribution < -0.4 is 10.2 Å². The number of hydrogen-bond donors (Lipinski definition) is 1. The maximum absolute atomic E-state index is 6.21. The number of rotatable bonds is 3. The summed E-state index contributed by atoms with van der Waals surface area (Å²) >= 11 is 12.1. The molecule has 2 aliphatic rings. The van der Waals surface area contributed by atoms with Gasteiger partial charge in [0.05, 0.1) is 23.9 Å². The zero-order valence-corrected chi connectivity index (χ0v) is 15.1. The summed E-state index contributed by atoms with van der Waals surface area (Å²) in [5.41, 5.74) is 0.751. The molecule has 2 saturated heterocycles. The summed E-state index contributed by atoms with van der Waals surface area (Å²) in [6.45, 7) is 3.03. The molecule has 1 spiro atoms. The number of halogens is 2. The first kappa shape index (κ1) is 16.8. The van der Waals surface area contributed by atoms with Crippen LogP contribution in [0.3, 0.4) is 0 Å². The van der Waals surface area contributed by atoms with Gasteiger partial charge >= 0.3 is 0 Å². The second-order valence-corrected chi connectivity index (χ2v) is 6.95. The van der Waals surface area contributed by atoms with Gasteiger partial charge in [0.25, 0.3) is 0 Å². The van der Waals surface area contributed by atoms with E-state index in [0.717, 1.165) is 37.4 Å². The fourth-order valence-corrected chi connectivity index (χ4v) is 3.64. The van der Waals surface area contributed by atoms with Crippen molar-refractivity contribution in [1.82, 2.24) is 9.97 Å². The monoisotopic (exact) mass is 380 g/mol. The minimum atomic E-state index is -0.387. The predicted molar refractivity (Wildman–Crippen MR) is 97.9 cm³/mol. The van der Waals surface area contributed by atoms with Crippen molar-refractivity contribution < 1.29 is 9.47 Å². The lowest BCUT2D eigenvalue weighted by Crippen LogP contribution is -2.45. The fourth-order valence-electron chi connectivity index (χ4n) is 3.18. The number of piperidine rings is 1. The van der Waals surface area contributed by atoms with Gasteiger partial charge in [0, 0.05) is 37.0 Å². The highest BCUT2D eigenvalue weighted by atomic mass is 35.5. The maximum Gasteiger partial charge on any atom is 0.171 e. The Balaban J connectivity index is 1.46. The molecule has 0 amide bonds. The van der Waals surface area contributed by atoms with Crippen molar-refractivity contribution in [3.63, 3.8) is 0 Å². The van der Waals surface area contributed by atoms with Crippen LogP contribution in [-0.4, -0.2) is 42.1 Å². The Morgan fingerprint density at radius 1 is 1.04 bits per heavy atom. The molecule has 2 aliphatic heterocycles. The van der Waals surface area contributed by atoms with Gasteiger partial charge in [-0.25, -0.2) is 9.97 Å². The van der Waals surface area contributed by atoms with Crippen LogP contribution in [0.5, 0.6) is 0 Å². The van der Waals surface area contributed by atoms with E-state index in [0.29, 0.717) is 29.1 Å². The summed E-state index contributed by atoms with van der Waals surface area (Å²) < 4.78 is 11.5. The molecule has 0 aliphatic carbocycles. The van der Waals surface area contributed by atoms with Gasteiger partial charge in [-0.15, -0.1) is 0 Å². The summed E-state index contributed by atoms with van der Waals surface area (Å²) in [6, 6.07) is 7.22. The normalized spacial score (nSPS) is 19.4. The molecular weight excluding hydrogens is 363 g/mol. The topological polar surface area (TPSA) is 59.5 Å². The van der Waals surface area contributed by atoms with E-state index in [2.05, 4.69) is 20.2 Å². The molecule has 0 atom stereocenters. The molecule has 8 heteroatoms. The molecule has 25 heavy (non-hydrogen) atoms. The molecule has 0 bridgehead atoms. The minimum Gasteiger partial charge on any atom is -0.356 e. The van der Waals surface area contributed by atoms with E-state index in [9.17, 15) is 0 Å². The van der Waals surface area contributed by atoms with Gasteiger partial charge in [0.2, 0.25) is 0 Å². The lowest BCUT2D eigenvalue weighted by atomic mass is 10.0. The standard InChI is InChI=1S/C17H18Cl2N4O2/c18-12-1-2-14(13(19)9-12)22-15-10-16(21-11-20-15)23-5-3-17(4-6-23)24-7-8-25-17/h1-2,9-11H,3-8H2,(H,20,21,22). The first-order chi connectivity index (χ1) is 12.1. The molecule has 1 aromatic carbocycles. The molecule has 1 aromatic heterocycles. The highest BCUT2D eigenvalue weighted by Gasteiger charge is 2.40. The Labute approximate surface area is 156 Å². The molecular formula is C17H18Cl2N4O2. The number of ether oxygens (including phenoxy) is 2. The first-order valence-electron chi connectivity index (χ1n) is 8.21. The number of benzene rings is 1. The second kappa shape index (κ2) is 6.96. The van der Waals surface area contributed by atoms with E-state index in [1.54, 1.807) is 18.5 Å². The SMILES string of the molecule is Clc1ccc(Nc2cc(N3CCC4(CC3)OCCO4)ncn2)c(Cl)c1. The molecule has 2 aromatic rings. The fraction of sp³-hybridized carbons (Fsp3) is 0.412. The van der Waals surface area contributed by atoms with Crippen molar-refractivity contribution in [3.8, 4) is 0 Å². The smallest absolute Gasteiger partial charge is 0.171 e. The molecule has 0 unspecified atom stereocenters. The molecule has 4 rings (SSSR count). The van der Waals surface area contributed by atoms with Gasteiger partial charge in [-0.3, -0.25) is 0 Å². The number of nitrogens with one attached hydrogen (secondary N) is 1. The second-order valence-electron chi connectivity index (χ2n) is 6.11. The highest BCUT2D eigenvalue weighted by molar-refractivity contribution is 6.36. The van der Waals surface area contributed by atoms with Crippen LogP contribution in [0.1, 0.15) is 12.8 Å². The van der Waals surface area contributed by atoms with E-state index in [1.165, 1.54) is 0 Å². The third-order valence-corrected chi connectivity index (χ3v) is 5.06. The Hall–Kier alpha value is -1.60. The quantitative estimate of drug-likeness (QED) is 0.871. The Morgan fingerprint density at radius 2 is 1.80 bits per heavy atom. The number of anilines is 3. The molecule has 0 saturated carbocycles. The third kappa shape index (κ3) is 3.67. The lowest BCUT2D eigenvalue weighted by Gasteiger charge is -2.38. The third-order valence-electron chi connectivity index (χ3n) is 4.51. The van der Waals surface area contributed by atoms with Gasteiger partial charge in [-0.1, -0.05) is 23.2 Å². The van der Waals surface area contributed by atoms with Gasteiger partial charge < -0.3 is 19.7 Å². The van der Waals surface area contributed by atoms with Crippen LogP contribution in [0.15, 0.2) is 30.6 Å². The summed E-state index contributed by atoms with van der Waals surface area (Å²) in [6.07, 6.45) is 3.22. The maximum atomic E-state index is 6.21. The largest absolute Gasteiger partial charge is 0.356 e. The minimum absolute atomic E-state index is 0.387. The van der Waals surface area contributed by atoms with Crippen molar-refractivity contribution in [2.45, 2.75) is 18.6 Å². The van der Waals surface area contributed by atoms with E-state index < -0.39 is 0 Å². The van der Waals surface area contributed by atoms with Crippen LogP contribution in [0, 0.1) is 0 Å². The van der Waals surface area contributed by atoms with Gasteiger partial charge in [0.1, 0.15) is 18.0 Å². The lowest BCUT2D eigenvalue weighted by molar-refractivity contribution is -0.169. The summed E-state index contributed by atoms with van der Waals surface area (Å²) in [5.74, 6) is 1.17. The first-order valence-corrected chi connectivity index (χ1v) is 8.96. The summed E-state index contributed by atoms with van der Waals surface area (Å²) in [4.78, 5) is 10.9. The molecule has 1 N–H and O–H groups in total. The Kier molecular flexibility index (Phi) is 4.69. The van der Waals surface area contributed by atoms with E-state index >= 15 is 0 Å². The van der Waals surface area contributed by atoms with E-state index in [1.807, 2.05) is 12.1 Å². The van der Waals surface area contributed by atoms with E-state index in [4.69, 9.17) is 32.7 Å². The van der Waals surface area contributed by atoms with Gasteiger partial charge in [-0.2, -0.15) is 0 Å². The number of hydrogen-bond acceptors (Lipinski definition) is 6. The van der Waals surface area contributed by atoms with Crippen LogP contribution in [0.25, 0.3) is 0 Å². The van der Waals surface area contributed by atoms with Crippen molar-refractivity contribution in [3.05, 3.63) is 40.6 Å². The van der Waals surface area contributed by atoms with Crippen LogP contribution in [-0.2, 0) is 9.47 Å². The molecule has 0 radical (unpaired) electrons. The highest BCUT2D eigenvalue weighted by Crippen LogP contribution is 2.33. The van der Waals surface area contributed by atoms with Crippen LogP contribution in [0.2, 0.25) is 10.0 Å².